The number of rotatable bonds is 5. The zero-order chi connectivity index (χ0) is 12.3. The highest BCUT2D eigenvalue weighted by Gasteiger charge is 2.43. The maximum atomic E-state index is 11.5. The zero-order valence-corrected chi connectivity index (χ0v) is 11.0. The van der Waals surface area contributed by atoms with Gasteiger partial charge in [0.15, 0.2) is 5.78 Å². The van der Waals surface area contributed by atoms with Crippen LogP contribution in [-0.4, -0.2) is 30.7 Å². The highest BCUT2D eigenvalue weighted by molar-refractivity contribution is 5.90. The summed E-state index contributed by atoms with van der Waals surface area (Å²) in [5.41, 5.74) is 0. The minimum atomic E-state index is -0.274. The Morgan fingerprint density at radius 3 is 2.65 bits per heavy atom. The highest BCUT2D eigenvalue weighted by Crippen LogP contribution is 2.32. The molecule has 0 radical (unpaired) electrons. The lowest BCUT2D eigenvalue weighted by molar-refractivity contribution is -0.180. The summed E-state index contributed by atoms with van der Waals surface area (Å²) in [5, 5.41) is 0. The van der Waals surface area contributed by atoms with E-state index in [2.05, 4.69) is 13.8 Å². The van der Waals surface area contributed by atoms with Crippen molar-refractivity contribution in [3.63, 3.8) is 0 Å². The molecule has 2 saturated carbocycles. The van der Waals surface area contributed by atoms with E-state index in [0.29, 0.717) is 25.0 Å². The maximum absolute atomic E-state index is 11.5. The Labute approximate surface area is 104 Å². The van der Waals surface area contributed by atoms with Gasteiger partial charge >= 0.3 is 0 Å². The molecule has 3 nitrogen and oxygen atoms in total. The molecule has 2 fully saturated rings. The maximum Gasteiger partial charge on any atom is 0.166 e. The molecule has 2 aliphatic carbocycles. The van der Waals surface area contributed by atoms with Crippen LogP contribution >= 0.6 is 0 Å². The Hall–Kier alpha value is -0.410. The Balaban J connectivity index is 1.79. The minimum Gasteiger partial charge on any atom is -0.371 e. The van der Waals surface area contributed by atoms with Crippen LogP contribution in [0.2, 0.25) is 0 Å². The first-order chi connectivity index (χ1) is 8.22. The van der Waals surface area contributed by atoms with Gasteiger partial charge in [-0.25, -0.2) is 0 Å². The Kier molecular flexibility index (Phi) is 4.57. The summed E-state index contributed by atoms with van der Waals surface area (Å²) in [6, 6.07) is 0. The van der Waals surface area contributed by atoms with Crippen LogP contribution in [0, 0.1) is 5.92 Å². The van der Waals surface area contributed by atoms with Gasteiger partial charge in [-0.1, -0.05) is 26.7 Å². The second-order valence-corrected chi connectivity index (χ2v) is 5.44. The van der Waals surface area contributed by atoms with Crippen molar-refractivity contribution < 1.29 is 14.3 Å². The summed E-state index contributed by atoms with van der Waals surface area (Å²) in [6.45, 7) is 4.98. The van der Waals surface area contributed by atoms with Crippen molar-refractivity contribution >= 4 is 5.78 Å². The molecule has 0 saturated heterocycles. The monoisotopic (exact) mass is 240 g/mol. The molecule has 4 atom stereocenters. The second kappa shape index (κ2) is 5.96. The molecule has 0 bridgehead atoms. The Morgan fingerprint density at radius 1 is 1.24 bits per heavy atom. The van der Waals surface area contributed by atoms with E-state index in [4.69, 9.17) is 9.47 Å². The fourth-order valence-electron chi connectivity index (χ4n) is 2.74. The predicted molar refractivity (Wildman–Crippen MR) is 65.9 cm³/mol. The van der Waals surface area contributed by atoms with Gasteiger partial charge in [0.2, 0.25) is 0 Å². The van der Waals surface area contributed by atoms with E-state index in [1.165, 1.54) is 19.3 Å². The second-order valence-electron chi connectivity index (χ2n) is 5.44. The van der Waals surface area contributed by atoms with Crippen LogP contribution in [0.15, 0.2) is 0 Å². The molecule has 0 aromatic carbocycles. The summed E-state index contributed by atoms with van der Waals surface area (Å²) in [7, 11) is 0. The molecule has 0 N–H and O–H groups in total. The smallest absolute Gasteiger partial charge is 0.166 e. The largest absolute Gasteiger partial charge is 0.371 e. The third-order valence-electron chi connectivity index (χ3n) is 3.94. The lowest BCUT2D eigenvalue weighted by atomic mass is 9.85. The highest BCUT2D eigenvalue weighted by atomic mass is 16.6. The molecule has 0 aromatic heterocycles. The molecule has 2 aliphatic rings. The molecule has 0 heterocycles. The molecule has 4 unspecified atom stereocenters. The Morgan fingerprint density at radius 2 is 2.00 bits per heavy atom. The zero-order valence-electron chi connectivity index (χ0n) is 11.0. The number of hydrogen-bond acceptors (Lipinski definition) is 3. The van der Waals surface area contributed by atoms with E-state index >= 15 is 0 Å². The van der Waals surface area contributed by atoms with E-state index < -0.39 is 0 Å². The first-order valence-corrected chi connectivity index (χ1v) is 7.02. The van der Waals surface area contributed by atoms with Crippen molar-refractivity contribution in [2.45, 2.75) is 70.7 Å². The number of carbonyl (C=O) groups is 1. The molecule has 3 heteroatoms. The fourth-order valence-corrected chi connectivity index (χ4v) is 2.74. The van der Waals surface area contributed by atoms with Crippen molar-refractivity contribution in [1.29, 1.82) is 0 Å². The first kappa shape index (κ1) is 13.0. The standard InChI is InChI=1S/C14H24O3/c1-3-8-16-14-11(15)9-13(14)17-12-7-5-4-6-10(12)2/h10,12-14H,3-9H2,1-2H3. The van der Waals surface area contributed by atoms with Gasteiger partial charge in [0.05, 0.1) is 12.2 Å². The van der Waals surface area contributed by atoms with Gasteiger partial charge in [-0.2, -0.15) is 0 Å². The van der Waals surface area contributed by atoms with Crippen LogP contribution in [0.3, 0.4) is 0 Å². The molecule has 0 aliphatic heterocycles. The summed E-state index contributed by atoms with van der Waals surface area (Å²) >= 11 is 0. The van der Waals surface area contributed by atoms with E-state index in [-0.39, 0.29) is 18.0 Å². The molecular formula is C14H24O3. The summed E-state index contributed by atoms with van der Waals surface area (Å²) in [4.78, 5) is 11.5. The SMILES string of the molecule is CCCOC1C(=O)CC1OC1CCCCC1C. The molecule has 0 amide bonds. The molecule has 0 spiro atoms. The van der Waals surface area contributed by atoms with Gasteiger partial charge in [-0.15, -0.1) is 0 Å². The van der Waals surface area contributed by atoms with Crippen LogP contribution in [0.4, 0.5) is 0 Å². The van der Waals surface area contributed by atoms with Crippen molar-refractivity contribution in [2.24, 2.45) is 5.92 Å². The van der Waals surface area contributed by atoms with Crippen molar-refractivity contribution in [2.75, 3.05) is 6.61 Å². The van der Waals surface area contributed by atoms with Gasteiger partial charge in [-0.3, -0.25) is 4.79 Å². The first-order valence-electron chi connectivity index (χ1n) is 7.02. The van der Waals surface area contributed by atoms with E-state index in [1.54, 1.807) is 0 Å². The molecule has 98 valence electrons. The summed E-state index contributed by atoms with van der Waals surface area (Å²) in [6.07, 6.45) is 6.58. The molecular weight excluding hydrogens is 216 g/mol. The van der Waals surface area contributed by atoms with Gasteiger partial charge in [-0.05, 0) is 25.2 Å². The van der Waals surface area contributed by atoms with E-state index in [9.17, 15) is 4.79 Å². The van der Waals surface area contributed by atoms with Crippen LogP contribution in [-0.2, 0) is 14.3 Å². The fraction of sp³-hybridized carbons (Fsp3) is 0.929. The lowest BCUT2D eigenvalue weighted by Gasteiger charge is -2.39. The number of carbonyl (C=O) groups excluding carboxylic acids is 1. The van der Waals surface area contributed by atoms with E-state index in [1.807, 2.05) is 0 Å². The van der Waals surface area contributed by atoms with Crippen LogP contribution in [0.1, 0.15) is 52.4 Å². The van der Waals surface area contributed by atoms with Gasteiger partial charge in [0, 0.05) is 13.0 Å². The Bertz CT molecular complexity index is 264. The van der Waals surface area contributed by atoms with Crippen LogP contribution in [0.5, 0.6) is 0 Å². The van der Waals surface area contributed by atoms with Gasteiger partial charge < -0.3 is 9.47 Å². The normalized spacial score (nSPS) is 37.9. The van der Waals surface area contributed by atoms with Gasteiger partial charge in [0.1, 0.15) is 6.10 Å². The van der Waals surface area contributed by atoms with Crippen molar-refractivity contribution in [3.8, 4) is 0 Å². The number of Topliss-reactive ketones (excluding diaryl/α,β-unsaturated/α-hetero) is 1. The quantitative estimate of drug-likeness (QED) is 0.741. The summed E-state index contributed by atoms with van der Waals surface area (Å²) < 4.78 is 11.6. The van der Waals surface area contributed by atoms with Crippen LogP contribution < -0.4 is 0 Å². The average Bonchev–Trinajstić information content (AvgIpc) is 2.31. The van der Waals surface area contributed by atoms with Crippen molar-refractivity contribution in [1.82, 2.24) is 0 Å². The lowest BCUT2D eigenvalue weighted by Crippen LogP contribution is -2.52. The predicted octanol–water partition coefficient (Wildman–Crippen LogP) is 2.72. The topological polar surface area (TPSA) is 35.5 Å². The average molecular weight is 240 g/mol. The van der Waals surface area contributed by atoms with E-state index in [0.717, 1.165) is 12.8 Å². The third-order valence-corrected chi connectivity index (χ3v) is 3.94. The minimum absolute atomic E-state index is 0.0274. The number of ketones is 1. The van der Waals surface area contributed by atoms with Gasteiger partial charge in [0.25, 0.3) is 0 Å². The van der Waals surface area contributed by atoms with Crippen LogP contribution in [0.25, 0.3) is 0 Å². The van der Waals surface area contributed by atoms with Crippen molar-refractivity contribution in [3.05, 3.63) is 0 Å². The third kappa shape index (κ3) is 3.08. The summed E-state index contributed by atoms with van der Waals surface area (Å²) in [5.74, 6) is 0.846. The molecule has 2 rings (SSSR count). The molecule has 17 heavy (non-hydrogen) atoms. The number of ether oxygens (including phenoxy) is 2. The number of hydrogen-bond donors (Lipinski definition) is 0. The molecule has 0 aromatic rings.